The van der Waals surface area contributed by atoms with Gasteiger partial charge in [-0.2, -0.15) is 0 Å². The highest BCUT2D eigenvalue weighted by Crippen LogP contribution is 2.29. The SMILES string of the molecule is CC(C)c1csc(N2CC(CN)CC2=O)n1. The first-order valence-corrected chi connectivity index (χ1v) is 6.45. The number of thiazole rings is 1. The molecule has 0 saturated carbocycles. The van der Waals surface area contributed by atoms with E-state index in [1.807, 2.05) is 5.38 Å². The molecule has 1 aliphatic heterocycles. The number of carbonyl (C=O) groups excluding carboxylic acids is 1. The first-order chi connectivity index (χ1) is 7.61. The Kier molecular flexibility index (Phi) is 3.25. The third-order valence-corrected chi connectivity index (χ3v) is 3.75. The highest BCUT2D eigenvalue weighted by molar-refractivity contribution is 7.14. The molecule has 5 heteroatoms. The molecule has 1 saturated heterocycles. The van der Waals surface area contributed by atoms with Gasteiger partial charge in [-0.25, -0.2) is 4.98 Å². The van der Waals surface area contributed by atoms with Gasteiger partial charge in [0, 0.05) is 18.3 Å². The zero-order chi connectivity index (χ0) is 11.7. The van der Waals surface area contributed by atoms with Crippen LogP contribution in [0.15, 0.2) is 5.38 Å². The van der Waals surface area contributed by atoms with Crippen molar-refractivity contribution >= 4 is 22.4 Å². The number of amides is 1. The monoisotopic (exact) mass is 239 g/mol. The van der Waals surface area contributed by atoms with E-state index in [9.17, 15) is 4.79 Å². The van der Waals surface area contributed by atoms with Gasteiger partial charge < -0.3 is 5.73 Å². The Morgan fingerprint density at radius 3 is 2.94 bits per heavy atom. The van der Waals surface area contributed by atoms with Crippen molar-refractivity contribution in [2.24, 2.45) is 11.7 Å². The molecule has 2 N–H and O–H groups in total. The molecule has 1 unspecified atom stereocenters. The van der Waals surface area contributed by atoms with Gasteiger partial charge in [-0.3, -0.25) is 9.69 Å². The van der Waals surface area contributed by atoms with Crippen LogP contribution >= 0.6 is 11.3 Å². The molecule has 1 fully saturated rings. The van der Waals surface area contributed by atoms with Crippen LogP contribution in [0.1, 0.15) is 31.9 Å². The lowest BCUT2D eigenvalue weighted by Crippen LogP contribution is -2.25. The van der Waals surface area contributed by atoms with E-state index in [-0.39, 0.29) is 5.91 Å². The second kappa shape index (κ2) is 4.51. The van der Waals surface area contributed by atoms with Gasteiger partial charge in [0.15, 0.2) is 5.13 Å². The van der Waals surface area contributed by atoms with Crippen LogP contribution in [0.5, 0.6) is 0 Å². The standard InChI is InChI=1S/C11H17N3OS/c1-7(2)9-6-16-11(13-9)14-5-8(4-12)3-10(14)15/h6-8H,3-5,12H2,1-2H3. The summed E-state index contributed by atoms with van der Waals surface area (Å²) >= 11 is 1.54. The van der Waals surface area contributed by atoms with Crippen LogP contribution < -0.4 is 10.6 Å². The lowest BCUT2D eigenvalue weighted by molar-refractivity contribution is -0.117. The Balaban J connectivity index is 2.15. The van der Waals surface area contributed by atoms with Crippen molar-refractivity contribution in [1.29, 1.82) is 0 Å². The number of nitrogens with two attached hydrogens (primary N) is 1. The van der Waals surface area contributed by atoms with Gasteiger partial charge in [0.25, 0.3) is 0 Å². The van der Waals surface area contributed by atoms with Gasteiger partial charge in [-0.1, -0.05) is 13.8 Å². The predicted octanol–water partition coefficient (Wildman–Crippen LogP) is 1.58. The van der Waals surface area contributed by atoms with E-state index in [2.05, 4.69) is 18.8 Å². The fourth-order valence-corrected chi connectivity index (χ4v) is 2.80. The highest BCUT2D eigenvalue weighted by atomic mass is 32.1. The van der Waals surface area contributed by atoms with Crippen LogP contribution in [0.25, 0.3) is 0 Å². The van der Waals surface area contributed by atoms with Gasteiger partial charge in [0.1, 0.15) is 0 Å². The van der Waals surface area contributed by atoms with Crippen LogP contribution in [0, 0.1) is 5.92 Å². The summed E-state index contributed by atoms with van der Waals surface area (Å²) < 4.78 is 0. The fraction of sp³-hybridized carbons (Fsp3) is 0.636. The maximum Gasteiger partial charge on any atom is 0.229 e. The zero-order valence-electron chi connectivity index (χ0n) is 9.64. The normalized spacial score (nSPS) is 21.1. The summed E-state index contributed by atoms with van der Waals surface area (Å²) in [5.41, 5.74) is 6.65. The number of carbonyl (C=O) groups is 1. The van der Waals surface area contributed by atoms with E-state index >= 15 is 0 Å². The van der Waals surface area contributed by atoms with E-state index in [4.69, 9.17) is 5.73 Å². The fourth-order valence-electron chi connectivity index (χ4n) is 1.79. The number of hydrogen-bond acceptors (Lipinski definition) is 4. The van der Waals surface area contributed by atoms with E-state index in [1.54, 1.807) is 16.2 Å². The minimum Gasteiger partial charge on any atom is -0.330 e. The molecule has 16 heavy (non-hydrogen) atoms. The van der Waals surface area contributed by atoms with Crippen LogP contribution in [0.2, 0.25) is 0 Å². The molecule has 0 bridgehead atoms. The first kappa shape index (κ1) is 11.5. The molecule has 88 valence electrons. The summed E-state index contributed by atoms with van der Waals surface area (Å²) in [5, 5.41) is 2.85. The molecule has 2 rings (SSSR count). The van der Waals surface area contributed by atoms with Crippen LogP contribution in [0.4, 0.5) is 5.13 Å². The van der Waals surface area contributed by atoms with Crippen LogP contribution in [0.3, 0.4) is 0 Å². The second-order valence-electron chi connectivity index (χ2n) is 4.52. The highest BCUT2D eigenvalue weighted by Gasteiger charge is 2.31. The van der Waals surface area contributed by atoms with Crippen molar-refractivity contribution in [3.63, 3.8) is 0 Å². The molecule has 0 radical (unpaired) electrons. The van der Waals surface area contributed by atoms with E-state index in [1.165, 1.54) is 0 Å². The maximum atomic E-state index is 11.8. The second-order valence-corrected chi connectivity index (χ2v) is 5.36. The molecule has 4 nitrogen and oxygen atoms in total. The van der Waals surface area contributed by atoms with E-state index in [0.29, 0.717) is 24.8 Å². The summed E-state index contributed by atoms with van der Waals surface area (Å²) in [5.74, 6) is 0.854. The van der Waals surface area contributed by atoms with Crippen molar-refractivity contribution < 1.29 is 4.79 Å². The van der Waals surface area contributed by atoms with Crippen molar-refractivity contribution in [3.8, 4) is 0 Å². The molecule has 0 aliphatic carbocycles. The van der Waals surface area contributed by atoms with Gasteiger partial charge in [-0.15, -0.1) is 11.3 Å². The van der Waals surface area contributed by atoms with E-state index in [0.717, 1.165) is 17.4 Å². The maximum absolute atomic E-state index is 11.8. The van der Waals surface area contributed by atoms with E-state index < -0.39 is 0 Å². The first-order valence-electron chi connectivity index (χ1n) is 5.57. The number of hydrogen-bond donors (Lipinski definition) is 1. The van der Waals surface area contributed by atoms with Crippen LogP contribution in [-0.4, -0.2) is 24.0 Å². The molecule has 0 spiro atoms. The average molecular weight is 239 g/mol. The van der Waals surface area contributed by atoms with Crippen molar-refractivity contribution in [3.05, 3.63) is 11.1 Å². The van der Waals surface area contributed by atoms with Crippen molar-refractivity contribution in [2.45, 2.75) is 26.2 Å². The molecule has 1 aliphatic rings. The topological polar surface area (TPSA) is 59.2 Å². The molecule has 1 atom stereocenters. The van der Waals surface area contributed by atoms with Gasteiger partial charge in [0.05, 0.1) is 5.69 Å². The molecule has 0 aromatic carbocycles. The molecule has 1 aromatic heterocycles. The Morgan fingerprint density at radius 1 is 1.69 bits per heavy atom. The summed E-state index contributed by atoms with van der Waals surface area (Å²) in [7, 11) is 0. The summed E-state index contributed by atoms with van der Waals surface area (Å²) in [6.45, 7) is 5.51. The number of nitrogens with zero attached hydrogens (tertiary/aromatic N) is 2. The molecule has 2 heterocycles. The Morgan fingerprint density at radius 2 is 2.44 bits per heavy atom. The molecule has 1 amide bonds. The third-order valence-electron chi connectivity index (χ3n) is 2.87. The minimum atomic E-state index is 0.153. The average Bonchev–Trinajstić information content (AvgIpc) is 2.83. The number of rotatable bonds is 3. The van der Waals surface area contributed by atoms with Gasteiger partial charge in [-0.05, 0) is 18.4 Å². The van der Waals surface area contributed by atoms with Crippen molar-refractivity contribution in [1.82, 2.24) is 4.98 Å². The smallest absolute Gasteiger partial charge is 0.229 e. The largest absolute Gasteiger partial charge is 0.330 e. The lowest BCUT2D eigenvalue weighted by atomic mass is 10.1. The van der Waals surface area contributed by atoms with Gasteiger partial charge in [0.2, 0.25) is 5.91 Å². The van der Waals surface area contributed by atoms with Gasteiger partial charge >= 0.3 is 0 Å². The zero-order valence-corrected chi connectivity index (χ0v) is 10.5. The Labute approximate surface area is 99.5 Å². The molecular weight excluding hydrogens is 222 g/mol. The third kappa shape index (κ3) is 2.10. The Hall–Kier alpha value is -0.940. The summed E-state index contributed by atoms with van der Waals surface area (Å²) in [6, 6.07) is 0. The predicted molar refractivity (Wildman–Crippen MR) is 65.7 cm³/mol. The Bertz CT molecular complexity index is 388. The van der Waals surface area contributed by atoms with Crippen LogP contribution in [-0.2, 0) is 4.79 Å². The minimum absolute atomic E-state index is 0.153. The number of anilines is 1. The summed E-state index contributed by atoms with van der Waals surface area (Å²) in [6.07, 6.45) is 0.563. The quantitative estimate of drug-likeness (QED) is 0.871. The molecule has 1 aromatic rings. The summed E-state index contributed by atoms with van der Waals surface area (Å²) in [4.78, 5) is 18.0. The lowest BCUT2D eigenvalue weighted by Gasteiger charge is -2.12. The number of aromatic nitrogens is 1. The van der Waals surface area contributed by atoms with Crippen molar-refractivity contribution in [2.75, 3.05) is 18.0 Å². The molecular formula is C11H17N3OS.